The lowest BCUT2D eigenvalue weighted by Gasteiger charge is -2.30. The number of phenolic OH excluding ortho intramolecular Hbond substituents is 1. The van der Waals surface area contributed by atoms with Gasteiger partial charge in [0.2, 0.25) is 0 Å². The van der Waals surface area contributed by atoms with Gasteiger partial charge < -0.3 is 21.5 Å². The number of guanidine groups is 1. The van der Waals surface area contributed by atoms with Gasteiger partial charge in [0.05, 0.1) is 0 Å². The van der Waals surface area contributed by atoms with Crippen molar-refractivity contribution in [3.05, 3.63) is 59.7 Å². The largest absolute Gasteiger partial charge is 0.508 e. The third-order valence-electron chi connectivity index (χ3n) is 5.28. The van der Waals surface area contributed by atoms with Gasteiger partial charge in [0.1, 0.15) is 5.75 Å². The van der Waals surface area contributed by atoms with Crippen LogP contribution in [-0.2, 0) is 6.42 Å². The maximum atomic E-state index is 11.7. The second-order valence-electron chi connectivity index (χ2n) is 7.61. The highest BCUT2D eigenvalue weighted by Crippen LogP contribution is 2.18. The fourth-order valence-electron chi connectivity index (χ4n) is 3.55. The summed E-state index contributed by atoms with van der Waals surface area (Å²) in [6, 6.07) is 14.9. The molecule has 6 nitrogen and oxygen atoms in total. The van der Waals surface area contributed by atoms with Crippen LogP contribution in [0.3, 0.4) is 0 Å². The van der Waals surface area contributed by atoms with Crippen molar-refractivity contribution in [2.45, 2.75) is 51.1 Å². The molecule has 154 valence electrons. The zero-order valence-corrected chi connectivity index (χ0v) is 16.9. The molecule has 2 atom stereocenters. The number of aromatic hydroxyl groups is 1. The number of carbonyl (C=O) groups excluding carboxylic acids is 1. The first-order valence-corrected chi connectivity index (χ1v) is 10.2. The highest BCUT2D eigenvalue weighted by molar-refractivity contribution is 5.98. The van der Waals surface area contributed by atoms with Gasteiger partial charge in [0.25, 0.3) is 0 Å². The molecule has 3 rings (SSSR count). The molecule has 1 aliphatic rings. The van der Waals surface area contributed by atoms with Crippen LogP contribution in [-0.4, -0.2) is 35.5 Å². The van der Waals surface area contributed by atoms with Crippen molar-refractivity contribution < 1.29 is 9.90 Å². The molecular formula is C23H30N4O2. The van der Waals surface area contributed by atoms with Gasteiger partial charge in [0.15, 0.2) is 11.7 Å². The van der Waals surface area contributed by atoms with E-state index in [1.165, 1.54) is 6.42 Å². The smallest absolute Gasteiger partial charge is 0.196 e. The molecule has 1 fully saturated rings. The van der Waals surface area contributed by atoms with E-state index in [1.807, 2.05) is 30.3 Å². The zero-order valence-electron chi connectivity index (χ0n) is 16.9. The first-order valence-electron chi connectivity index (χ1n) is 10.2. The minimum Gasteiger partial charge on any atom is -0.508 e. The highest BCUT2D eigenvalue weighted by atomic mass is 16.3. The number of ketones is 1. The van der Waals surface area contributed by atoms with Gasteiger partial charge in [-0.3, -0.25) is 9.79 Å². The number of phenols is 1. The number of benzene rings is 2. The molecule has 1 saturated carbocycles. The van der Waals surface area contributed by atoms with Crippen molar-refractivity contribution in [1.82, 2.24) is 5.32 Å². The van der Waals surface area contributed by atoms with E-state index in [9.17, 15) is 9.90 Å². The Hall–Kier alpha value is -2.86. The normalized spacial score (nSPS) is 19.6. The van der Waals surface area contributed by atoms with E-state index < -0.39 is 0 Å². The Balaban J connectivity index is 1.72. The van der Waals surface area contributed by atoms with Crippen molar-refractivity contribution in [2.24, 2.45) is 10.7 Å². The number of nitrogens with two attached hydrogens (primary N) is 1. The summed E-state index contributed by atoms with van der Waals surface area (Å²) < 4.78 is 0. The summed E-state index contributed by atoms with van der Waals surface area (Å²) in [4.78, 5) is 16.4. The molecule has 1 aliphatic carbocycles. The van der Waals surface area contributed by atoms with Crippen LogP contribution in [0.2, 0.25) is 0 Å². The standard InChI is InChI=1S/C23H30N4O2/c1-16(28)18-5-4-6-19(15-18)26-23(27-22-8-3-2-7-21(22)24)25-14-13-17-9-11-20(29)12-10-17/h4-6,9-12,15,21-22,29H,2-3,7-8,13-14,24H2,1H3,(H2,25,26,27)/t21-,22-/m0/s1. The first kappa shape index (κ1) is 20.9. The van der Waals surface area contributed by atoms with E-state index in [4.69, 9.17) is 10.7 Å². The Morgan fingerprint density at radius 1 is 1.17 bits per heavy atom. The number of nitrogens with zero attached hydrogens (tertiary/aromatic N) is 1. The predicted molar refractivity (Wildman–Crippen MR) is 118 cm³/mol. The Labute approximate surface area is 172 Å². The molecule has 0 radical (unpaired) electrons. The average molecular weight is 395 g/mol. The number of Topliss-reactive ketones (excluding diaryl/α,β-unsaturated/α-hetero) is 1. The molecule has 6 heteroatoms. The van der Waals surface area contributed by atoms with E-state index in [-0.39, 0.29) is 23.6 Å². The van der Waals surface area contributed by atoms with E-state index >= 15 is 0 Å². The number of aliphatic imine (C=N–C) groups is 1. The third-order valence-corrected chi connectivity index (χ3v) is 5.28. The van der Waals surface area contributed by atoms with Gasteiger partial charge in [-0.25, -0.2) is 0 Å². The lowest BCUT2D eigenvalue weighted by molar-refractivity contribution is 0.101. The molecule has 0 amide bonds. The maximum Gasteiger partial charge on any atom is 0.196 e. The average Bonchev–Trinajstić information content (AvgIpc) is 2.71. The summed E-state index contributed by atoms with van der Waals surface area (Å²) in [7, 11) is 0. The molecule has 0 bridgehead atoms. The Morgan fingerprint density at radius 3 is 2.66 bits per heavy atom. The van der Waals surface area contributed by atoms with E-state index in [0.29, 0.717) is 18.1 Å². The van der Waals surface area contributed by atoms with Crippen molar-refractivity contribution in [1.29, 1.82) is 0 Å². The molecule has 0 aliphatic heterocycles. The zero-order chi connectivity index (χ0) is 20.6. The third kappa shape index (κ3) is 6.32. The maximum absolute atomic E-state index is 11.7. The summed E-state index contributed by atoms with van der Waals surface area (Å²) in [5.41, 5.74) is 8.89. The molecular weight excluding hydrogens is 364 g/mol. The fraction of sp³-hybridized carbons (Fsp3) is 0.391. The van der Waals surface area contributed by atoms with Gasteiger partial charge in [-0.15, -0.1) is 0 Å². The number of nitrogens with one attached hydrogen (secondary N) is 2. The Bertz CT molecular complexity index is 848. The van der Waals surface area contributed by atoms with Crippen LogP contribution in [0, 0.1) is 0 Å². The lowest BCUT2D eigenvalue weighted by atomic mass is 9.91. The van der Waals surface area contributed by atoms with Gasteiger partial charge >= 0.3 is 0 Å². The van der Waals surface area contributed by atoms with Crippen LogP contribution in [0.1, 0.15) is 48.5 Å². The van der Waals surface area contributed by atoms with Crippen LogP contribution in [0.4, 0.5) is 5.69 Å². The van der Waals surface area contributed by atoms with Crippen molar-refractivity contribution in [2.75, 3.05) is 11.9 Å². The molecule has 0 heterocycles. The molecule has 0 saturated heterocycles. The SMILES string of the molecule is CC(=O)c1cccc(NC(=NCCc2ccc(O)cc2)N[C@H]2CCCC[C@@H]2N)c1. The molecule has 2 aromatic carbocycles. The molecule has 0 spiro atoms. The number of hydrogen-bond donors (Lipinski definition) is 4. The number of rotatable bonds is 6. The van der Waals surface area contributed by atoms with Crippen LogP contribution in [0.25, 0.3) is 0 Å². The second kappa shape index (κ2) is 10.1. The Kier molecular flexibility index (Phi) is 7.25. The molecule has 0 unspecified atom stereocenters. The lowest BCUT2D eigenvalue weighted by Crippen LogP contribution is -2.51. The Morgan fingerprint density at radius 2 is 1.93 bits per heavy atom. The highest BCUT2D eigenvalue weighted by Gasteiger charge is 2.22. The second-order valence-corrected chi connectivity index (χ2v) is 7.61. The summed E-state index contributed by atoms with van der Waals surface area (Å²) in [6.45, 7) is 2.15. The molecule has 2 aromatic rings. The van der Waals surface area contributed by atoms with Crippen molar-refractivity contribution >= 4 is 17.4 Å². The molecule has 29 heavy (non-hydrogen) atoms. The van der Waals surface area contributed by atoms with Gasteiger partial charge in [0, 0.05) is 29.9 Å². The predicted octanol–water partition coefficient (Wildman–Crippen LogP) is 3.46. The summed E-state index contributed by atoms with van der Waals surface area (Å²) in [5, 5.41) is 16.2. The quantitative estimate of drug-likeness (QED) is 0.342. The van der Waals surface area contributed by atoms with Crippen molar-refractivity contribution in [3.63, 3.8) is 0 Å². The summed E-state index contributed by atoms with van der Waals surface area (Å²) in [5.74, 6) is 0.964. The van der Waals surface area contributed by atoms with E-state index in [2.05, 4.69) is 10.6 Å². The van der Waals surface area contributed by atoms with Crippen LogP contribution >= 0.6 is 0 Å². The first-order chi connectivity index (χ1) is 14.0. The van der Waals surface area contributed by atoms with Gasteiger partial charge in [-0.1, -0.05) is 37.1 Å². The summed E-state index contributed by atoms with van der Waals surface area (Å²) >= 11 is 0. The minimum atomic E-state index is 0.0294. The van der Waals surface area contributed by atoms with Crippen LogP contribution in [0.15, 0.2) is 53.5 Å². The number of hydrogen-bond acceptors (Lipinski definition) is 4. The van der Waals surface area contributed by atoms with E-state index in [0.717, 1.165) is 36.9 Å². The van der Waals surface area contributed by atoms with Crippen LogP contribution < -0.4 is 16.4 Å². The minimum absolute atomic E-state index is 0.0294. The molecule has 0 aromatic heterocycles. The van der Waals surface area contributed by atoms with Crippen molar-refractivity contribution in [3.8, 4) is 5.75 Å². The monoisotopic (exact) mass is 394 g/mol. The van der Waals surface area contributed by atoms with Gasteiger partial charge in [-0.05, 0) is 56.0 Å². The fourth-order valence-corrected chi connectivity index (χ4v) is 3.55. The van der Waals surface area contributed by atoms with Gasteiger partial charge in [-0.2, -0.15) is 0 Å². The molecule has 5 N–H and O–H groups in total. The number of anilines is 1. The van der Waals surface area contributed by atoms with Crippen LogP contribution in [0.5, 0.6) is 5.75 Å². The summed E-state index contributed by atoms with van der Waals surface area (Å²) in [6.07, 6.45) is 5.12. The van der Waals surface area contributed by atoms with E-state index in [1.54, 1.807) is 25.1 Å². The topological polar surface area (TPSA) is 99.7 Å². The number of carbonyl (C=O) groups is 1.